The SMILES string of the molecule is C[Si]1(C)[Si](C)(C)[Si](C)(C)[Si]2(C(c3ccccc3)=C(c3ccccc3)C(c3ccccc3)=C2c2ccccc2)[Si]1(C)C. The molecule has 0 atom stereocenters. The summed E-state index contributed by atoms with van der Waals surface area (Å²) in [6.45, 7) is 23.0. The van der Waals surface area contributed by atoms with Crippen molar-refractivity contribution in [1.29, 1.82) is 0 Å². The van der Waals surface area contributed by atoms with E-state index < -0.39 is 35.5 Å². The minimum Gasteiger partial charge on any atom is -0.0735 e. The molecule has 0 bridgehead atoms. The van der Waals surface area contributed by atoms with E-state index in [0.717, 1.165) is 0 Å². The summed E-state index contributed by atoms with van der Waals surface area (Å²) in [5, 5.41) is 3.60. The number of benzene rings is 4. The Labute approximate surface area is 251 Å². The molecule has 2 heterocycles. The van der Waals surface area contributed by atoms with Crippen LogP contribution in [0.3, 0.4) is 0 Å². The molecule has 41 heavy (non-hydrogen) atoms. The summed E-state index contributed by atoms with van der Waals surface area (Å²) < 4.78 is 0. The molecule has 0 N–H and O–H groups in total. The van der Waals surface area contributed by atoms with Gasteiger partial charge in [-0.3, -0.25) is 0 Å². The lowest BCUT2D eigenvalue weighted by atomic mass is 9.89. The van der Waals surface area contributed by atoms with E-state index in [-0.39, 0.29) is 0 Å². The summed E-state index contributed by atoms with van der Waals surface area (Å²) in [7, 11) is -8.98. The van der Waals surface area contributed by atoms with Gasteiger partial charge in [0.15, 0.2) is 0 Å². The van der Waals surface area contributed by atoms with Gasteiger partial charge in [0, 0.05) is 28.4 Å². The second-order valence-electron chi connectivity index (χ2n) is 14.2. The molecule has 2 aliphatic heterocycles. The fraction of sp³-hybridized carbons (Fsp3) is 0.222. The highest BCUT2D eigenvalue weighted by Gasteiger charge is 2.82. The van der Waals surface area contributed by atoms with Gasteiger partial charge in [-0.15, -0.1) is 0 Å². The third kappa shape index (κ3) is 3.59. The molecule has 0 amide bonds. The van der Waals surface area contributed by atoms with Crippen molar-refractivity contribution in [3.05, 3.63) is 144 Å². The fourth-order valence-electron chi connectivity index (χ4n) is 9.00. The van der Waals surface area contributed by atoms with Gasteiger partial charge in [-0.25, -0.2) is 0 Å². The van der Waals surface area contributed by atoms with Gasteiger partial charge in [-0.2, -0.15) is 0 Å². The smallest absolute Gasteiger partial charge is 0.0735 e. The third-order valence-electron chi connectivity index (χ3n) is 12.3. The van der Waals surface area contributed by atoms with Crippen molar-refractivity contribution >= 4 is 57.1 Å². The van der Waals surface area contributed by atoms with E-state index in [1.54, 1.807) is 21.5 Å². The Bertz CT molecular complexity index is 1520. The molecule has 0 unspecified atom stereocenters. The Morgan fingerprint density at radius 2 is 0.537 bits per heavy atom. The first kappa shape index (κ1) is 28.6. The van der Waals surface area contributed by atoms with Gasteiger partial charge in [0.1, 0.15) is 7.11 Å². The number of hydrogen-bond donors (Lipinski definition) is 0. The molecule has 1 saturated heterocycles. The molecule has 2 aliphatic rings. The quantitative estimate of drug-likeness (QED) is 0.200. The fourth-order valence-corrected chi connectivity index (χ4v) is 209. The first-order chi connectivity index (χ1) is 19.4. The van der Waals surface area contributed by atoms with Crippen molar-refractivity contribution in [3.63, 3.8) is 0 Å². The predicted molar refractivity (Wildman–Crippen MR) is 195 cm³/mol. The van der Waals surface area contributed by atoms with E-state index in [0.29, 0.717) is 0 Å². The lowest BCUT2D eigenvalue weighted by Crippen LogP contribution is -2.73. The number of allylic oxidation sites excluding steroid dienone is 2. The molecule has 208 valence electrons. The zero-order valence-corrected chi connectivity index (χ0v) is 31.0. The first-order valence-electron chi connectivity index (χ1n) is 15.1. The predicted octanol–water partition coefficient (Wildman–Crippen LogP) is 9.99. The summed E-state index contributed by atoms with van der Waals surface area (Å²) in [4.78, 5) is 0. The van der Waals surface area contributed by atoms with Gasteiger partial charge < -0.3 is 0 Å². The van der Waals surface area contributed by atoms with E-state index >= 15 is 0 Å². The molecule has 1 fully saturated rings. The van der Waals surface area contributed by atoms with Crippen LogP contribution in [-0.4, -0.2) is 35.5 Å². The van der Waals surface area contributed by atoms with E-state index in [1.807, 2.05) is 0 Å². The largest absolute Gasteiger partial charge is 0.102 e. The lowest BCUT2D eigenvalue weighted by Gasteiger charge is -2.51. The van der Waals surface area contributed by atoms with Crippen molar-refractivity contribution in [1.82, 2.24) is 0 Å². The van der Waals surface area contributed by atoms with Crippen LogP contribution in [0.25, 0.3) is 21.5 Å². The van der Waals surface area contributed by atoms with Gasteiger partial charge in [0.2, 0.25) is 0 Å². The van der Waals surface area contributed by atoms with Crippen LogP contribution >= 0.6 is 0 Å². The number of rotatable bonds is 4. The molecule has 6 rings (SSSR count). The van der Waals surface area contributed by atoms with Crippen molar-refractivity contribution < 1.29 is 0 Å². The molecular formula is C36H44Si5. The van der Waals surface area contributed by atoms with Crippen molar-refractivity contribution in [2.24, 2.45) is 0 Å². The highest BCUT2D eigenvalue weighted by molar-refractivity contribution is 8.17. The Kier molecular flexibility index (Phi) is 6.79. The van der Waals surface area contributed by atoms with Crippen LogP contribution in [0.15, 0.2) is 121 Å². The van der Waals surface area contributed by atoms with E-state index in [9.17, 15) is 0 Å². The normalized spacial score (nSPS) is 21.5. The van der Waals surface area contributed by atoms with E-state index in [1.165, 1.54) is 22.3 Å². The third-order valence-corrected chi connectivity index (χ3v) is 133. The Morgan fingerprint density at radius 1 is 0.293 bits per heavy atom. The highest BCUT2D eigenvalue weighted by Crippen LogP contribution is 2.67. The average molecular weight is 617 g/mol. The van der Waals surface area contributed by atoms with Crippen LogP contribution in [0, 0.1) is 0 Å². The summed E-state index contributed by atoms with van der Waals surface area (Å²) in [6, 6.07) is 46.3. The number of hydrogen-bond acceptors (Lipinski definition) is 0. The van der Waals surface area contributed by atoms with Crippen molar-refractivity contribution in [3.8, 4) is 0 Å². The standard InChI is InChI=1S/C36H44Si5/c1-37(2)38(3,4)40(7,8)41(39(37,5)6)35(31-25-17-11-18-26-31)33(29-21-13-9-14-22-29)34(30-23-15-10-16-24-30)36(41)32-27-19-12-20-28-32/h9-28H,1-8H3. The van der Waals surface area contributed by atoms with Gasteiger partial charge in [0.05, 0.1) is 0 Å². The highest BCUT2D eigenvalue weighted by atomic mass is 30.2. The first-order valence-corrected chi connectivity index (χ1v) is 34.1. The maximum Gasteiger partial charge on any atom is 0.102 e. The molecule has 0 radical (unpaired) electrons. The molecule has 0 aromatic heterocycles. The topological polar surface area (TPSA) is 0 Å². The van der Waals surface area contributed by atoms with Crippen LogP contribution in [0.4, 0.5) is 0 Å². The Hall–Kier alpha value is -2.56. The van der Waals surface area contributed by atoms with Crippen LogP contribution in [0.5, 0.6) is 0 Å². The monoisotopic (exact) mass is 616 g/mol. The van der Waals surface area contributed by atoms with Gasteiger partial charge in [-0.1, -0.05) is 174 Å². The zero-order chi connectivity index (χ0) is 29.3. The van der Waals surface area contributed by atoms with Crippen molar-refractivity contribution in [2.75, 3.05) is 0 Å². The molecular weight excluding hydrogens is 573 g/mol. The summed E-state index contributed by atoms with van der Waals surface area (Å²) in [5.74, 6) is 0. The minimum absolute atomic E-state index is 1.39. The molecule has 0 aliphatic carbocycles. The second kappa shape index (κ2) is 9.74. The molecule has 4 aromatic rings. The van der Waals surface area contributed by atoms with E-state index in [4.69, 9.17) is 0 Å². The maximum absolute atomic E-state index is 2.89. The minimum atomic E-state index is -2.27. The van der Waals surface area contributed by atoms with Crippen molar-refractivity contribution in [2.45, 2.75) is 52.4 Å². The summed E-state index contributed by atoms with van der Waals surface area (Å²) in [6.07, 6.45) is 0. The van der Waals surface area contributed by atoms with Gasteiger partial charge in [0.25, 0.3) is 0 Å². The summed E-state index contributed by atoms with van der Waals surface area (Å²) >= 11 is 0. The van der Waals surface area contributed by atoms with Crippen LogP contribution in [0.2, 0.25) is 52.4 Å². The van der Waals surface area contributed by atoms with Crippen LogP contribution < -0.4 is 0 Å². The van der Waals surface area contributed by atoms with Crippen LogP contribution in [-0.2, 0) is 0 Å². The molecule has 5 heteroatoms. The Morgan fingerprint density at radius 3 is 0.805 bits per heavy atom. The van der Waals surface area contributed by atoms with Gasteiger partial charge >= 0.3 is 0 Å². The van der Waals surface area contributed by atoms with Crippen LogP contribution in [0.1, 0.15) is 22.3 Å². The molecule has 1 spiro atoms. The van der Waals surface area contributed by atoms with E-state index in [2.05, 4.69) is 174 Å². The maximum atomic E-state index is 2.89. The summed E-state index contributed by atoms with van der Waals surface area (Å²) in [5.41, 5.74) is 8.87. The van der Waals surface area contributed by atoms with Gasteiger partial charge in [-0.05, 0) is 43.8 Å². The second-order valence-corrected chi connectivity index (χ2v) is 71.7. The zero-order valence-electron chi connectivity index (χ0n) is 26.0. The molecule has 0 saturated carbocycles. The Balaban J connectivity index is 1.94. The lowest BCUT2D eigenvalue weighted by molar-refractivity contribution is 1.58. The molecule has 4 aromatic carbocycles. The average Bonchev–Trinajstić information content (AvgIpc) is 3.35. The molecule has 0 nitrogen and oxygen atoms in total.